The van der Waals surface area contributed by atoms with Gasteiger partial charge in [-0.05, 0) is 54.8 Å². The van der Waals surface area contributed by atoms with Gasteiger partial charge in [0, 0.05) is 37.9 Å². The number of anilines is 1. The molecule has 1 saturated heterocycles. The van der Waals surface area contributed by atoms with E-state index in [2.05, 4.69) is 5.32 Å². The summed E-state index contributed by atoms with van der Waals surface area (Å²) in [5.41, 5.74) is 2.39. The largest absolute Gasteiger partial charge is 0.365 e. The molecule has 1 N–H and O–H groups in total. The quantitative estimate of drug-likeness (QED) is 0.852. The maximum Gasteiger partial charge on any atom is 0.253 e. The van der Waals surface area contributed by atoms with Crippen LogP contribution in [0.5, 0.6) is 0 Å². The zero-order valence-electron chi connectivity index (χ0n) is 15.5. The summed E-state index contributed by atoms with van der Waals surface area (Å²) in [6.07, 6.45) is 2.14. The lowest BCUT2D eigenvalue weighted by Crippen LogP contribution is -2.34. The number of hydrogen-bond donors (Lipinski definition) is 1. The van der Waals surface area contributed by atoms with Crippen LogP contribution in [-0.4, -0.2) is 43.4 Å². The molecule has 27 heavy (non-hydrogen) atoms. The van der Waals surface area contributed by atoms with Crippen molar-refractivity contribution in [1.82, 2.24) is 10.2 Å². The average Bonchev–Trinajstić information content (AvgIpc) is 3.21. The van der Waals surface area contributed by atoms with E-state index in [4.69, 9.17) is 0 Å². The first-order chi connectivity index (χ1) is 13.0. The fraction of sp³-hybridized carbons (Fsp3) is 0.333. The molecule has 2 amide bonds. The van der Waals surface area contributed by atoms with Gasteiger partial charge in [-0.3, -0.25) is 9.59 Å². The molecule has 2 aromatic carbocycles. The molecule has 6 heteroatoms. The lowest BCUT2D eigenvalue weighted by Gasteiger charge is -2.19. The Morgan fingerprint density at radius 3 is 2.30 bits per heavy atom. The molecule has 0 bridgehead atoms. The topological polar surface area (TPSA) is 52.7 Å². The Morgan fingerprint density at radius 1 is 1.04 bits per heavy atom. The van der Waals surface area contributed by atoms with Crippen LogP contribution in [-0.2, 0) is 11.3 Å². The molecule has 1 fully saturated rings. The molecule has 0 saturated carbocycles. The summed E-state index contributed by atoms with van der Waals surface area (Å²) in [6.45, 7) is 2.24. The Labute approximate surface area is 158 Å². The highest BCUT2D eigenvalue weighted by atomic mass is 19.1. The summed E-state index contributed by atoms with van der Waals surface area (Å²) in [6, 6.07) is 13.4. The molecule has 0 aliphatic carbocycles. The van der Waals surface area contributed by atoms with E-state index in [1.54, 1.807) is 24.1 Å². The minimum absolute atomic E-state index is 0.0732. The first kappa shape index (κ1) is 18.9. The number of nitrogens with zero attached hydrogens (tertiary/aromatic N) is 2. The summed E-state index contributed by atoms with van der Waals surface area (Å²) < 4.78 is 13.0. The van der Waals surface area contributed by atoms with Gasteiger partial charge in [-0.15, -0.1) is 0 Å². The van der Waals surface area contributed by atoms with Crippen LogP contribution in [0.3, 0.4) is 0 Å². The standard InChI is InChI=1S/C21H24FN3O2/c1-24(19-10-8-18(22)9-11-19)15-20(26)23-14-16-4-6-17(7-5-16)21(27)25-12-2-3-13-25/h4-11H,2-3,12-15H2,1H3,(H,23,26). The highest BCUT2D eigenvalue weighted by molar-refractivity contribution is 5.94. The van der Waals surface area contributed by atoms with E-state index in [0.29, 0.717) is 12.1 Å². The number of carbonyl (C=O) groups excluding carboxylic acids is 2. The fourth-order valence-electron chi connectivity index (χ4n) is 3.13. The van der Waals surface area contributed by atoms with Gasteiger partial charge < -0.3 is 15.1 Å². The van der Waals surface area contributed by atoms with E-state index in [1.807, 2.05) is 29.2 Å². The van der Waals surface area contributed by atoms with Crippen molar-refractivity contribution in [3.63, 3.8) is 0 Å². The number of likely N-dealkylation sites (N-methyl/N-ethyl adjacent to an activating group) is 1. The van der Waals surface area contributed by atoms with Crippen LogP contribution in [0.1, 0.15) is 28.8 Å². The van der Waals surface area contributed by atoms with E-state index < -0.39 is 0 Å². The fourth-order valence-corrected chi connectivity index (χ4v) is 3.13. The zero-order chi connectivity index (χ0) is 19.2. The second kappa shape index (κ2) is 8.66. The Kier molecular flexibility index (Phi) is 6.06. The summed E-state index contributed by atoms with van der Waals surface area (Å²) in [7, 11) is 1.78. The van der Waals surface area contributed by atoms with Gasteiger partial charge in [0.25, 0.3) is 5.91 Å². The monoisotopic (exact) mass is 369 g/mol. The molecule has 0 radical (unpaired) electrons. The molecule has 5 nitrogen and oxygen atoms in total. The SMILES string of the molecule is CN(CC(=O)NCc1ccc(C(=O)N2CCCC2)cc1)c1ccc(F)cc1. The van der Waals surface area contributed by atoms with Gasteiger partial charge in [0.05, 0.1) is 6.54 Å². The summed E-state index contributed by atoms with van der Waals surface area (Å²) in [5, 5.41) is 2.86. The third-order valence-electron chi connectivity index (χ3n) is 4.73. The van der Waals surface area contributed by atoms with E-state index in [-0.39, 0.29) is 24.2 Å². The summed E-state index contributed by atoms with van der Waals surface area (Å²) in [5.74, 6) is -0.355. The van der Waals surface area contributed by atoms with Crippen molar-refractivity contribution in [2.75, 3.05) is 31.6 Å². The Balaban J connectivity index is 1.48. The number of benzene rings is 2. The molecule has 1 aliphatic rings. The molecule has 142 valence electrons. The Hall–Kier alpha value is -2.89. The van der Waals surface area contributed by atoms with Gasteiger partial charge in [0.15, 0.2) is 0 Å². The van der Waals surface area contributed by atoms with Crippen molar-refractivity contribution in [3.8, 4) is 0 Å². The number of likely N-dealkylation sites (tertiary alicyclic amines) is 1. The van der Waals surface area contributed by atoms with E-state index in [0.717, 1.165) is 37.2 Å². The van der Waals surface area contributed by atoms with E-state index >= 15 is 0 Å². The lowest BCUT2D eigenvalue weighted by atomic mass is 10.1. The molecule has 0 aromatic heterocycles. The van der Waals surface area contributed by atoms with Gasteiger partial charge >= 0.3 is 0 Å². The smallest absolute Gasteiger partial charge is 0.253 e. The average molecular weight is 369 g/mol. The molecule has 1 aliphatic heterocycles. The number of rotatable bonds is 6. The second-order valence-corrected chi connectivity index (χ2v) is 6.81. The number of halogens is 1. The minimum Gasteiger partial charge on any atom is -0.365 e. The second-order valence-electron chi connectivity index (χ2n) is 6.81. The number of carbonyl (C=O) groups is 2. The van der Waals surface area contributed by atoms with Crippen molar-refractivity contribution in [2.45, 2.75) is 19.4 Å². The van der Waals surface area contributed by atoms with Crippen molar-refractivity contribution < 1.29 is 14.0 Å². The lowest BCUT2D eigenvalue weighted by molar-refractivity contribution is -0.119. The Bertz CT molecular complexity index is 784. The molecule has 1 heterocycles. The molecule has 0 atom stereocenters. The molecule has 0 spiro atoms. The van der Waals surface area contributed by atoms with Crippen molar-refractivity contribution in [1.29, 1.82) is 0 Å². The third-order valence-corrected chi connectivity index (χ3v) is 4.73. The number of nitrogens with one attached hydrogen (secondary N) is 1. The van der Waals surface area contributed by atoms with E-state index in [9.17, 15) is 14.0 Å². The normalized spacial score (nSPS) is 13.5. The van der Waals surface area contributed by atoms with Crippen molar-refractivity contribution in [3.05, 3.63) is 65.5 Å². The molecule has 2 aromatic rings. The molecule has 0 unspecified atom stereocenters. The van der Waals surface area contributed by atoms with Gasteiger partial charge in [0.2, 0.25) is 5.91 Å². The van der Waals surface area contributed by atoms with Crippen LogP contribution in [0.2, 0.25) is 0 Å². The third kappa shape index (κ3) is 5.06. The predicted molar refractivity (Wildman–Crippen MR) is 103 cm³/mol. The zero-order valence-corrected chi connectivity index (χ0v) is 15.5. The first-order valence-corrected chi connectivity index (χ1v) is 9.14. The van der Waals surface area contributed by atoms with Gasteiger partial charge in [-0.25, -0.2) is 4.39 Å². The minimum atomic E-state index is -0.303. The predicted octanol–water partition coefficient (Wildman–Crippen LogP) is 2.81. The van der Waals surface area contributed by atoms with Crippen LogP contribution in [0.15, 0.2) is 48.5 Å². The van der Waals surface area contributed by atoms with Crippen LogP contribution >= 0.6 is 0 Å². The number of hydrogen-bond acceptors (Lipinski definition) is 3. The van der Waals surface area contributed by atoms with Gasteiger partial charge in [0.1, 0.15) is 5.82 Å². The van der Waals surface area contributed by atoms with Crippen molar-refractivity contribution >= 4 is 17.5 Å². The maximum atomic E-state index is 13.0. The molecular weight excluding hydrogens is 345 g/mol. The Morgan fingerprint density at radius 2 is 1.67 bits per heavy atom. The van der Waals surface area contributed by atoms with Gasteiger partial charge in [-0.2, -0.15) is 0 Å². The summed E-state index contributed by atoms with van der Waals surface area (Å²) in [4.78, 5) is 28.1. The van der Waals surface area contributed by atoms with Crippen molar-refractivity contribution in [2.24, 2.45) is 0 Å². The van der Waals surface area contributed by atoms with Crippen LogP contribution in [0.4, 0.5) is 10.1 Å². The maximum absolute atomic E-state index is 13.0. The van der Waals surface area contributed by atoms with Crippen LogP contribution in [0.25, 0.3) is 0 Å². The molecule has 3 rings (SSSR count). The van der Waals surface area contributed by atoms with Crippen LogP contribution in [0, 0.1) is 5.82 Å². The summed E-state index contributed by atoms with van der Waals surface area (Å²) >= 11 is 0. The highest BCUT2D eigenvalue weighted by Gasteiger charge is 2.19. The van der Waals surface area contributed by atoms with Crippen LogP contribution < -0.4 is 10.2 Å². The highest BCUT2D eigenvalue weighted by Crippen LogP contribution is 2.14. The van der Waals surface area contributed by atoms with E-state index in [1.165, 1.54) is 12.1 Å². The molecular formula is C21H24FN3O2. The number of amides is 2. The van der Waals surface area contributed by atoms with Gasteiger partial charge in [-0.1, -0.05) is 12.1 Å². The first-order valence-electron chi connectivity index (χ1n) is 9.14.